The van der Waals surface area contributed by atoms with Crippen molar-refractivity contribution in [2.45, 2.75) is 26.3 Å². The van der Waals surface area contributed by atoms with Crippen LogP contribution in [0.4, 0.5) is 4.79 Å². The van der Waals surface area contributed by atoms with Crippen molar-refractivity contribution < 1.29 is 9.59 Å². The number of hydrogen-bond donors (Lipinski definition) is 1. The van der Waals surface area contributed by atoms with Gasteiger partial charge in [-0.1, -0.05) is 0 Å². The van der Waals surface area contributed by atoms with Gasteiger partial charge in [-0.25, -0.2) is 4.79 Å². The summed E-state index contributed by atoms with van der Waals surface area (Å²) in [6.07, 6.45) is 3.68. The molecule has 116 valence electrons. The topological polar surface area (TPSA) is 57.6 Å². The molecule has 2 rings (SSSR count). The SMILES string of the molecule is Cn1ccc(C(=O)N2CCN(C(=O)NC(C)(C)C)CC2)c1. The van der Waals surface area contributed by atoms with Crippen LogP contribution in [0.15, 0.2) is 18.5 Å². The van der Waals surface area contributed by atoms with Crippen LogP contribution >= 0.6 is 0 Å². The van der Waals surface area contributed by atoms with Gasteiger partial charge in [0.25, 0.3) is 5.91 Å². The highest BCUT2D eigenvalue weighted by Crippen LogP contribution is 2.10. The molecule has 1 aromatic heterocycles. The van der Waals surface area contributed by atoms with Crippen LogP contribution in [0.2, 0.25) is 0 Å². The van der Waals surface area contributed by atoms with Gasteiger partial charge < -0.3 is 19.7 Å². The van der Waals surface area contributed by atoms with Crippen LogP contribution in [0, 0.1) is 0 Å². The summed E-state index contributed by atoms with van der Waals surface area (Å²) in [7, 11) is 1.89. The molecule has 1 aliphatic rings. The largest absolute Gasteiger partial charge is 0.356 e. The predicted octanol–water partition coefficient (Wildman–Crippen LogP) is 1.29. The zero-order valence-corrected chi connectivity index (χ0v) is 13.2. The molecule has 2 heterocycles. The van der Waals surface area contributed by atoms with E-state index in [0.717, 1.165) is 0 Å². The van der Waals surface area contributed by atoms with Crippen molar-refractivity contribution in [3.63, 3.8) is 0 Å². The molecule has 21 heavy (non-hydrogen) atoms. The first-order valence-corrected chi connectivity index (χ1v) is 7.24. The van der Waals surface area contributed by atoms with Gasteiger partial charge in [0.15, 0.2) is 0 Å². The van der Waals surface area contributed by atoms with Crippen molar-refractivity contribution in [1.82, 2.24) is 19.7 Å². The molecular weight excluding hydrogens is 268 g/mol. The van der Waals surface area contributed by atoms with Gasteiger partial charge >= 0.3 is 6.03 Å². The zero-order chi connectivity index (χ0) is 15.6. The lowest BCUT2D eigenvalue weighted by Crippen LogP contribution is -2.55. The molecule has 1 aromatic rings. The molecule has 1 saturated heterocycles. The predicted molar refractivity (Wildman–Crippen MR) is 81.2 cm³/mol. The summed E-state index contributed by atoms with van der Waals surface area (Å²) in [5.41, 5.74) is 0.457. The third-order valence-corrected chi connectivity index (χ3v) is 3.41. The number of aryl methyl sites for hydroxylation is 1. The highest BCUT2D eigenvalue weighted by atomic mass is 16.2. The number of amides is 3. The van der Waals surface area contributed by atoms with E-state index in [4.69, 9.17) is 0 Å². The first-order chi connectivity index (χ1) is 9.76. The Hall–Kier alpha value is -1.98. The van der Waals surface area contributed by atoms with E-state index in [1.165, 1.54) is 0 Å². The standard InChI is InChI=1S/C15H24N4O2/c1-15(2,3)16-14(21)19-9-7-18(8-10-19)13(20)12-5-6-17(4)11-12/h5-6,11H,7-10H2,1-4H3,(H,16,21). The number of piperazine rings is 1. The van der Waals surface area contributed by atoms with Gasteiger partial charge in [-0.2, -0.15) is 0 Å². The Morgan fingerprint density at radius 1 is 1.10 bits per heavy atom. The van der Waals surface area contributed by atoms with E-state index in [1.807, 2.05) is 50.8 Å². The lowest BCUT2D eigenvalue weighted by molar-refractivity contribution is 0.0661. The first kappa shape index (κ1) is 15.4. The van der Waals surface area contributed by atoms with Gasteiger partial charge in [-0.15, -0.1) is 0 Å². The van der Waals surface area contributed by atoms with E-state index in [9.17, 15) is 9.59 Å². The number of nitrogens with zero attached hydrogens (tertiary/aromatic N) is 3. The normalized spacial score (nSPS) is 16.0. The second kappa shape index (κ2) is 5.79. The van der Waals surface area contributed by atoms with Crippen molar-refractivity contribution in [1.29, 1.82) is 0 Å². The number of urea groups is 1. The van der Waals surface area contributed by atoms with Gasteiger partial charge in [0, 0.05) is 51.2 Å². The van der Waals surface area contributed by atoms with Crippen molar-refractivity contribution in [2.75, 3.05) is 26.2 Å². The first-order valence-electron chi connectivity index (χ1n) is 7.24. The fourth-order valence-electron chi connectivity index (χ4n) is 2.32. The average molecular weight is 292 g/mol. The molecular formula is C15H24N4O2. The number of carbonyl (C=O) groups is 2. The molecule has 6 nitrogen and oxygen atoms in total. The molecule has 0 radical (unpaired) electrons. The smallest absolute Gasteiger partial charge is 0.317 e. The van der Waals surface area contributed by atoms with Crippen LogP contribution in [0.25, 0.3) is 0 Å². The second-order valence-electron chi connectivity index (χ2n) is 6.53. The summed E-state index contributed by atoms with van der Waals surface area (Å²) in [4.78, 5) is 27.9. The van der Waals surface area contributed by atoms with Gasteiger partial charge in [-0.3, -0.25) is 4.79 Å². The summed E-state index contributed by atoms with van der Waals surface area (Å²) in [6, 6.07) is 1.76. The fraction of sp³-hybridized carbons (Fsp3) is 0.600. The third-order valence-electron chi connectivity index (χ3n) is 3.41. The summed E-state index contributed by atoms with van der Waals surface area (Å²) in [5.74, 6) is 0.0338. The number of carbonyl (C=O) groups excluding carboxylic acids is 2. The molecule has 1 aliphatic heterocycles. The van der Waals surface area contributed by atoms with E-state index in [0.29, 0.717) is 31.7 Å². The molecule has 1 fully saturated rings. The summed E-state index contributed by atoms with van der Waals surface area (Å²) < 4.78 is 1.86. The molecule has 0 bridgehead atoms. The Balaban J connectivity index is 1.88. The van der Waals surface area contributed by atoms with E-state index < -0.39 is 0 Å². The minimum Gasteiger partial charge on any atom is -0.356 e. The molecule has 0 spiro atoms. The van der Waals surface area contributed by atoms with E-state index in [1.54, 1.807) is 9.80 Å². The van der Waals surface area contributed by atoms with Crippen LogP contribution in [0.1, 0.15) is 31.1 Å². The van der Waals surface area contributed by atoms with Crippen LogP contribution < -0.4 is 5.32 Å². The van der Waals surface area contributed by atoms with Crippen molar-refractivity contribution in [2.24, 2.45) is 7.05 Å². The molecule has 0 aromatic carbocycles. The summed E-state index contributed by atoms with van der Waals surface area (Å²) in [5, 5.41) is 2.95. The van der Waals surface area contributed by atoms with Gasteiger partial charge in [-0.05, 0) is 26.8 Å². The Morgan fingerprint density at radius 2 is 1.67 bits per heavy atom. The third kappa shape index (κ3) is 4.00. The van der Waals surface area contributed by atoms with Crippen LogP contribution in [-0.2, 0) is 7.05 Å². The number of rotatable bonds is 1. The molecule has 0 unspecified atom stereocenters. The molecule has 0 atom stereocenters. The quantitative estimate of drug-likeness (QED) is 0.848. The molecule has 1 N–H and O–H groups in total. The lowest BCUT2D eigenvalue weighted by atomic mass is 10.1. The van der Waals surface area contributed by atoms with Crippen LogP contribution in [0.3, 0.4) is 0 Å². The van der Waals surface area contributed by atoms with Gasteiger partial charge in [0.2, 0.25) is 0 Å². The Morgan fingerprint density at radius 3 is 2.14 bits per heavy atom. The Kier molecular flexibility index (Phi) is 4.25. The van der Waals surface area contributed by atoms with Crippen LogP contribution in [-0.4, -0.2) is 58.0 Å². The maximum atomic E-state index is 12.3. The van der Waals surface area contributed by atoms with E-state index in [-0.39, 0.29) is 17.5 Å². The highest BCUT2D eigenvalue weighted by molar-refractivity contribution is 5.94. The minimum absolute atomic E-state index is 0.0338. The van der Waals surface area contributed by atoms with Crippen molar-refractivity contribution in [3.8, 4) is 0 Å². The minimum atomic E-state index is -0.242. The van der Waals surface area contributed by atoms with Crippen molar-refractivity contribution >= 4 is 11.9 Å². The molecule has 0 saturated carbocycles. The zero-order valence-electron chi connectivity index (χ0n) is 13.2. The Bertz CT molecular complexity index is 522. The summed E-state index contributed by atoms with van der Waals surface area (Å²) in [6.45, 7) is 8.16. The number of nitrogens with one attached hydrogen (secondary N) is 1. The van der Waals surface area contributed by atoms with E-state index >= 15 is 0 Å². The van der Waals surface area contributed by atoms with Gasteiger partial charge in [0.05, 0.1) is 5.56 Å². The van der Waals surface area contributed by atoms with E-state index in [2.05, 4.69) is 5.32 Å². The molecule has 0 aliphatic carbocycles. The van der Waals surface area contributed by atoms with Gasteiger partial charge in [0.1, 0.15) is 0 Å². The highest BCUT2D eigenvalue weighted by Gasteiger charge is 2.26. The number of hydrogen-bond acceptors (Lipinski definition) is 2. The fourth-order valence-corrected chi connectivity index (χ4v) is 2.32. The Labute approximate surface area is 125 Å². The maximum absolute atomic E-state index is 12.3. The number of aromatic nitrogens is 1. The van der Waals surface area contributed by atoms with Crippen molar-refractivity contribution in [3.05, 3.63) is 24.0 Å². The van der Waals surface area contributed by atoms with Crippen LogP contribution in [0.5, 0.6) is 0 Å². The molecule has 6 heteroatoms. The monoisotopic (exact) mass is 292 g/mol. The second-order valence-corrected chi connectivity index (χ2v) is 6.53. The molecule has 3 amide bonds. The lowest BCUT2D eigenvalue weighted by Gasteiger charge is -2.36. The average Bonchev–Trinajstić information content (AvgIpc) is 2.83. The summed E-state index contributed by atoms with van der Waals surface area (Å²) >= 11 is 0. The maximum Gasteiger partial charge on any atom is 0.317 e.